The number of aliphatic hydroxyl groups excluding tert-OH is 1. The summed E-state index contributed by atoms with van der Waals surface area (Å²) in [6.45, 7) is -0.430. The van der Waals surface area contributed by atoms with Gasteiger partial charge in [0.2, 0.25) is 5.91 Å². The van der Waals surface area contributed by atoms with E-state index < -0.39 is 22.9 Å². The van der Waals surface area contributed by atoms with Crippen LogP contribution >= 0.6 is 0 Å². The molecular weight excluding hydrogens is 178 g/mol. The maximum Gasteiger partial charge on any atom is 0.418 e. The molecule has 1 amide bonds. The summed E-state index contributed by atoms with van der Waals surface area (Å²) in [4.78, 5) is 10.3. The molecule has 0 heterocycles. The van der Waals surface area contributed by atoms with Crippen LogP contribution in [0.4, 0.5) is 0 Å². The Hall–Kier alpha value is -0.700. The summed E-state index contributed by atoms with van der Waals surface area (Å²) in [6, 6.07) is 0. The normalized spacial score (nSPS) is 11.1. The van der Waals surface area contributed by atoms with Gasteiger partial charge in [-0.25, -0.2) is 5.48 Å². The second-order valence-electron chi connectivity index (χ2n) is 1.51. The average Bonchev–Trinajstić information content (AvgIpc) is 1.83. The molecular formula is C3H7NO6S. The molecule has 0 saturated heterocycles. The molecule has 3 N–H and O–H groups in total. The van der Waals surface area contributed by atoms with Crippen LogP contribution in [0.3, 0.4) is 0 Å². The van der Waals surface area contributed by atoms with Crippen molar-refractivity contribution in [3.8, 4) is 0 Å². The van der Waals surface area contributed by atoms with Crippen LogP contribution in [0.25, 0.3) is 0 Å². The highest BCUT2D eigenvalue weighted by Gasteiger charge is 2.07. The van der Waals surface area contributed by atoms with E-state index in [9.17, 15) is 13.2 Å². The van der Waals surface area contributed by atoms with Crippen molar-refractivity contribution < 1.29 is 27.2 Å². The SMILES string of the molecule is O=C(CCO)NOS(=O)(=O)O. The Morgan fingerprint density at radius 2 is 2.09 bits per heavy atom. The molecule has 0 aliphatic carbocycles. The number of aliphatic hydroxyl groups is 1. The molecule has 0 aromatic carbocycles. The van der Waals surface area contributed by atoms with E-state index >= 15 is 0 Å². The van der Waals surface area contributed by atoms with E-state index in [-0.39, 0.29) is 6.42 Å². The van der Waals surface area contributed by atoms with Crippen molar-refractivity contribution in [3.05, 3.63) is 0 Å². The molecule has 66 valence electrons. The lowest BCUT2D eigenvalue weighted by molar-refractivity contribution is -0.128. The first kappa shape index (κ1) is 10.3. The lowest BCUT2D eigenvalue weighted by atomic mass is 10.4. The fraction of sp³-hybridized carbons (Fsp3) is 0.667. The smallest absolute Gasteiger partial charge is 0.396 e. The second kappa shape index (κ2) is 4.23. The minimum absolute atomic E-state index is 0.296. The molecule has 0 fully saturated rings. The van der Waals surface area contributed by atoms with E-state index in [2.05, 4.69) is 4.28 Å². The maximum absolute atomic E-state index is 10.3. The van der Waals surface area contributed by atoms with Crippen molar-refractivity contribution in [1.29, 1.82) is 0 Å². The zero-order valence-electron chi connectivity index (χ0n) is 5.35. The highest BCUT2D eigenvalue weighted by atomic mass is 32.3. The van der Waals surface area contributed by atoms with Gasteiger partial charge in [-0.15, -0.1) is 4.28 Å². The molecule has 0 aliphatic heterocycles. The predicted octanol–water partition coefficient (Wildman–Crippen LogP) is -1.78. The van der Waals surface area contributed by atoms with Crippen LogP contribution < -0.4 is 5.48 Å². The number of carbonyl (C=O) groups excluding carboxylic acids is 1. The summed E-state index contributed by atoms with van der Waals surface area (Å²) in [7, 11) is -4.65. The van der Waals surface area contributed by atoms with Gasteiger partial charge in [0.25, 0.3) is 0 Å². The fourth-order valence-corrected chi connectivity index (χ4v) is 0.450. The zero-order chi connectivity index (χ0) is 8.91. The molecule has 0 aromatic rings. The van der Waals surface area contributed by atoms with Crippen molar-refractivity contribution >= 4 is 16.3 Å². The molecule has 0 radical (unpaired) electrons. The monoisotopic (exact) mass is 185 g/mol. The topological polar surface area (TPSA) is 113 Å². The Kier molecular flexibility index (Phi) is 3.97. The number of amides is 1. The highest BCUT2D eigenvalue weighted by Crippen LogP contribution is 1.82. The standard InChI is InChI=1S/C3H7NO6S/c5-2-1-3(6)4-10-11(7,8)9/h5H,1-2H2,(H,4,6)(H,7,8,9). The van der Waals surface area contributed by atoms with Crippen molar-refractivity contribution in [2.75, 3.05) is 6.61 Å². The quantitative estimate of drug-likeness (QED) is 0.352. The van der Waals surface area contributed by atoms with Crippen molar-refractivity contribution in [2.24, 2.45) is 0 Å². The number of nitrogens with one attached hydrogen (secondary N) is 1. The maximum atomic E-state index is 10.3. The Labute approximate surface area is 62.9 Å². The molecule has 0 aromatic heterocycles. The van der Waals surface area contributed by atoms with E-state index in [0.29, 0.717) is 0 Å². The van der Waals surface area contributed by atoms with Gasteiger partial charge in [-0.3, -0.25) is 9.35 Å². The Balaban J connectivity index is 3.64. The number of hydrogen-bond acceptors (Lipinski definition) is 5. The predicted molar refractivity (Wildman–Crippen MR) is 32.5 cm³/mol. The first-order valence-electron chi connectivity index (χ1n) is 2.51. The summed E-state index contributed by atoms with van der Waals surface area (Å²) in [5.41, 5.74) is 1.39. The van der Waals surface area contributed by atoms with E-state index in [1.165, 1.54) is 5.48 Å². The lowest BCUT2D eigenvalue weighted by Crippen LogP contribution is -2.27. The summed E-state index contributed by atoms with van der Waals surface area (Å²) < 4.78 is 31.0. The molecule has 0 rings (SSSR count). The Morgan fingerprint density at radius 3 is 2.45 bits per heavy atom. The van der Waals surface area contributed by atoms with Gasteiger partial charge in [0.15, 0.2) is 0 Å². The van der Waals surface area contributed by atoms with E-state index in [1.54, 1.807) is 0 Å². The van der Waals surface area contributed by atoms with E-state index in [4.69, 9.17) is 9.66 Å². The summed E-state index contributed by atoms with van der Waals surface area (Å²) >= 11 is 0. The summed E-state index contributed by atoms with van der Waals surface area (Å²) in [6.07, 6.45) is -0.296. The van der Waals surface area contributed by atoms with Crippen LogP contribution in [0.5, 0.6) is 0 Å². The second-order valence-corrected chi connectivity index (χ2v) is 2.53. The average molecular weight is 185 g/mol. The van der Waals surface area contributed by atoms with Crippen LogP contribution in [-0.2, 0) is 19.5 Å². The summed E-state index contributed by atoms with van der Waals surface area (Å²) in [5, 5.41) is 8.14. The minimum Gasteiger partial charge on any atom is -0.396 e. The van der Waals surface area contributed by atoms with E-state index in [0.717, 1.165) is 0 Å². The van der Waals surface area contributed by atoms with Crippen molar-refractivity contribution in [3.63, 3.8) is 0 Å². The van der Waals surface area contributed by atoms with Gasteiger partial charge >= 0.3 is 10.4 Å². The third-order valence-electron chi connectivity index (χ3n) is 0.600. The van der Waals surface area contributed by atoms with E-state index in [1.807, 2.05) is 0 Å². The van der Waals surface area contributed by atoms with Gasteiger partial charge in [-0.2, -0.15) is 8.42 Å². The third-order valence-corrected chi connectivity index (χ3v) is 0.894. The molecule has 0 atom stereocenters. The number of hydroxylamine groups is 1. The zero-order valence-corrected chi connectivity index (χ0v) is 6.17. The van der Waals surface area contributed by atoms with Crippen LogP contribution in [-0.4, -0.2) is 30.6 Å². The van der Waals surface area contributed by atoms with Crippen LogP contribution in [0.1, 0.15) is 6.42 Å². The van der Waals surface area contributed by atoms with Crippen molar-refractivity contribution in [2.45, 2.75) is 6.42 Å². The van der Waals surface area contributed by atoms with Gasteiger partial charge in [0.1, 0.15) is 0 Å². The van der Waals surface area contributed by atoms with Gasteiger partial charge in [0.05, 0.1) is 13.0 Å². The third kappa shape index (κ3) is 7.19. The van der Waals surface area contributed by atoms with Gasteiger partial charge in [0, 0.05) is 0 Å². The highest BCUT2D eigenvalue weighted by molar-refractivity contribution is 7.80. The number of carbonyl (C=O) groups is 1. The first-order valence-corrected chi connectivity index (χ1v) is 3.88. The van der Waals surface area contributed by atoms with Crippen molar-refractivity contribution in [1.82, 2.24) is 5.48 Å². The molecule has 7 nitrogen and oxygen atoms in total. The molecule has 0 unspecified atom stereocenters. The molecule has 11 heavy (non-hydrogen) atoms. The van der Waals surface area contributed by atoms with Crippen LogP contribution in [0, 0.1) is 0 Å². The van der Waals surface area contributed by atoms with Gasteiger partial charge in [-0.1, -0.05) is 0 Å². The fourth-order valence-electron chi connectivity index (χ4n) is 0.252. The largest absolute Gasteiger partial charge is 0.418 e. The van der Waals surface area contributed by atoms with Gasteiger partial charge < -0.3 is 5.11 Å². The Morgan fingerprint density at radius 1 is 1.55 bits per heavy atom. The van der Waals surface area contributed by atoms with Crippen LogP contribution in [0.2, 0.25) is 0 Å². The number of hydrogen-bond donors (Lipinski definition) is 3. The minimum atomic E-state index is -4.65. The number of rotatable bonds is 4. The lowest BCUT2D eigenvalue weighted by Gasteiger charge is -1.99. The molecule has 8 heteroatoms. The first-order chi connectivity index (χ1) is 4.95. The van der Waals surface area contributed by atoms with Gasteiger partial charge in [-0.05, 0) is 0 Å². The summed E-state index contributed by atoms with van der Waals surface area (Å²) in [5.74, 6) is -0.842. The molecule has 0 bridgehead atoms. The molecule has 0 saturated carbocycles. The molecule has 0 spiro atoms. The van der Waals surface area contributed by atoms with Crippen LogP contribution in [0.15, 0.2) is 0 Å². The Bertz CT molecular complexity index is 220. The molecule has 0 aliphatic rings.